The second kappa shape index (κ2) is 4.46. The largest absolute Gasteiger partial charge is 0.455 e. The molecule has 0 fully saturated rings. The van der Waals surface area contributed by atoms with Crippen LogP contribution in [0.5, 0.6) is 0 Å². The minimum absolute atomic E-state index is 0.0380. The molecule has 1 unspecified atom stereocenters. The third kappa shape index (κ3) is 2.45. The highest BCUT2D eigenvalue weighted by Crippen LogP contribution is 2.44. The summed E-state index contributed by atoms with van der Waals surface area (Å²) in [7, 11) is 0. The van der Waals surface area contributed by atoms with E-state index in [0.29, 0.717) is 0 Å². The van der Waals surface area contributed by atoms with Gasteiger partial charge < -0.3 is 5.73 Å². The first-order valence-electron chi connectivity index (χ1n) is 4.95. The Morgan fingerprint density at radius 1 is 1.00 bits per heavy atom. The molecule has 1 nitrogen and oxygen atoms in total. The maximum absolute atomic E-state index is 13.1. The first-order valence-corrected chi connectivity index (χ1v) is 4.95. The van der Waals surface area contributed by atoms with Gasteiger partial charge in [-0.15, -0.1) is 0 Å². The molecule has 0 aliphatic rings. The molecule has 0 bridgehead atoms. The van der Waals surface area contributed by atoms with Gasteiger partial charge in [-0.25, -0.2) is 4.39 Å². The topological polar surface area (TPSA) is 26.0 Å². The van der Waals surface area contributed by atoms with Crippen molar-refractivity contribution >= 4 is 0 Å². The van der Waals surface area contributed by atoms with Crippen LogP contribution in [0.4, 0.5) is 26.3 Å². The van der Waals surface area contributed by atoms with Crippen LogP contribution in [0.15, 0.2) is 12.1 Å². The summed E-state index contributed by atoms with van der Waals surface area (Å²) < 4.78 is 75.8. The molecule has 1 rings (SSSR count). The highest BCUT2D eigenvalue weighted by Gasteiger charge is 2.62. The van der Waals surface area contributed by atoms with Gasteiger partial charge in [-0.1, -0.05) is 0 Å². The molecule has 0 aliphatic carbocycles. The van der Waals surface area contributed by atoms with E-state index in [1.807, 2.05) is 0 Å². The van der Waals surface area contributed by atoms with Crippen LogP contribution in [0, 0.1) is 19.7 Å². The lowest BCUT2D eigenvalue weighted by atomic mass is 9.92. The van der Waals surface area contributed by atoms with Gasteiger partial charge in [-0.3, -0.25) is 0 Å². The molecule has 0 aromatic heterocycles. The van der Waals surface area contributed by atoms with E-state index in [4.69, 9.17) is 5.73 Å². The second-order valence-electron chi connectivity index (χ2n) is 4.05. The normalized spacial score (nSPS) is 14.7. The number of nitrogens with two attached hydrogens (primary N) is 1. The zero-order valence-corrected chi connectivity index (χ0v) is 9.58. The molecule has 2 N–H and O–H groups in total. The van der Waals surface area contributed by atoms with Crippen LogP contribution in [0.1, 0.15) is 22.7 Å². The molecule has 0 saturated heterocycles. The summed E-state index contributed by atoms with van der Waals surface area (Å²) in [4.78, 5) is 0. The van der Waals surface area contributed by atoms with E-state index in [9.17, 15) is 26.3 Å². The van der Waals surface area contributed by atoms with Crippen molar-refractivity contribution in [3.63, 3.8) is 0 Å². The molecule has 18 heavy (non-hydrogen) atoms. The Hall–Kier alpha value is -1.24. The molecule has 0 heterocycles. The quantitative estimate of drug-likeness (QED) is 0.816. The molecule has 0 saturated carbocycles. The molecular formula is C11H11F6N. The van der Waals surface area contributed by atoms with Crippen molar-refractivity contribution in [2.24, 2.45) is 5.73 Å². The zero-order valence-electron chi connectivity index (χ0n) is 9.58. The minimum Gasteiger partial charge on any atom is -0.319 e. The van der Waals surface area contributed by atoms with Gasteiger partial charge in [0, 0.05) is 0 Å². The van der Waals surface area contributed by atoms with E-state index in [1.54, 1.807) is 0 Å². The summed E-state index contributed by atoms with van der Waals surface area (Å²) in [6.07, 6.45) is -5.75. The summed E-state index contributed by atoms with van der Waals surface area (Å²) in [6.45, 7) is 2.47. The molecule has 1 aromatic rings. The number of hydrogen-bond donors (Lipinski definition) is 1. The summed E-state index contributed by atoms with van der Waals surface area (Å²) in [5, 5.41) is 0. The van der Waals surface area contributed by atoms with Crippen molar-refractivity contribution in [1.82, 2.24) is 0 Å². The standard InChI is InChI=1S/C11H11F6N/c1-5-3-7(12)4-6(2)8(5)9(18)10(13,14)11(15,16)17/h3-4,9H,18H2,1-2H3. The lowest BCUT2D eigenvalue weighted by Crippen LogP contribution is -2.46. The van der Waals surface area contributed by atoms with Gasteiger partial charge >= 0.3 is 12.1 Å². The van der Waals surface area contributed by atoms with E-state index in [0.717, 1.165) is 12.1 Å². The smallest absolute Gasteiger partial charge is 0.319 e. The monoisotopic (exact) mass is 271 g/mol. The van der Waals surface area contributed by atoms with Crippen molar-refractivity contribution in [2.75, 3.05) is 0 Å². The lowest BCUT2D eigenvalue weighted by Gasteiger charge is -2.28. The maximum Gasteiger partial charge on any atom is 0.455 e. The number of rotatable bonds is 2. The van der Waals surface area contributed by atoms with Crippen LogP contribution in [0.3, 0.4) is 0 Å². The average molecular weight is 271 g/mol. The van der Waals surface area contributed by atoms with Crippen molar-refractivity contribution < 1.29 is 26.3 Å². The van der Waals surface area contributed by atoms with Crippen LogP contribution >= 0.6 is 0 Å². The Labute approximate surface area is 99.6 Å². The van der Waals surface area contributed by atoms with Crippen molar-refractivity contribution in [3.8, 4) is 0 Å². The Bertz CT molecular complexity index is 428. The number of hydrogen-bond acceptors (Lipinski definition) is 1. The van der Waals surface area contributed by atoms with Crippen molar-refractivity contribution in [1.29, 1.82) is 0 Å². The molecule has 0 radical (unpaired) electrons. The molecular weight excluding hydrogens is 260 g/mol. The highest BCUT2D eigenvalue weighted by atomic mass is 19.4. The first kappa shape index (κ1) is 14.8. The number of aryl methyl sites for hydroxylation is 2. The van der Waals surface area contributed by atoms with Crippen molar-refractivity contribution in [2.45, 2.75) is 32.0 Å². The van der Waals surface area contributed by atoms with Gasteiger partial charge in [0.1, 0.15) is 11.9 Å². The van der Waals surface area contributed by atoms with Gasteiger partial charge in [-0.2, -0.15) is 22.0 Å². The zero-order chi connectivity index (χ0) is 14.3. The third-order valence-corrected chi connectivity index (χ3v) is 2.64. The van der Waals surface area contributed by atoms with E-state index in [1.165, 1.54) is 13.8 Å². The summed E-state index contributed by atoms with van der Waals surface area (Å²) >= 11 is 0. The second-order valence-corrected chi connectivity index (χ2v) is 4.05. The molecule has 102 valence electrons. The average Bonchev–Trinajstić information content (AvgIpc) is 2.13. The van der Waals surface area contributed by atoms with Crippen LogP contribution < -0.4 is 5.73 Å². The van der Waals surface area contributed by atoms with Crippen LogP contribution in [0.2, 0.25) is 0 Å². The Morgan fingerprint density at radius 3 is 1.72 bits per heavy atom. The van der Waals surface area contributed by atoms with Crippen LogP contribution in [0.25, 0.3) is 0 Å². The maximum atomic E-state index is 13.1. The molecule has 7 heteroatoms. The molecule has 0 aliphatic heterocycles. The molecule has 0 amide bonds. The van der Waals surface area contributed by atoms with Gasteiger partial charge in [0.05, 0.1) is 0 Å². The Morgan fingerprint density at radius 2 is 1.39 bits per heavy atom. The van der Waals surface area contributed by atoms with Gasteiger partial charge in [-0.05, 0) is 42.7 Å². The van der Waals surface area contributed by atoms with E-state index in [2.05, 4.69) is 0 Å². The molecule has 1 atom stereocenters. The highest BCUT2D eigenvalue weighted by molar-refractivity contribution is 5.38. The van der Waals surface area contributed by atoms with Crippen molar-refractivity contribution in [3.05, 3.63) is 34.6 Å². The summed E-state index contributed by atoms with van der Waals surface area (Å²) in [5.74, 6) is -5.78. The van der Waals surface area contributed by atoms with Gasteiger partial charge in [0.25, 0.3) is 0 Å². The number of benzene rings is 1. The number of alkyl halides is 5. The first-order chi connectivity index (χ1) is 7.98. The molecule has 1 aromatic carbocycles. The lowest BCUT2D eigenvalue weighted by molar-refractivity contribution is -0.291. The summed E-state index contributed by atoms with van der Waals surface area (Å²) in [6, 6.07) is -0.818. The minimum atomic E-state index is -5.75. The van der Waals surface area contributed by atoms with E-state index in [-0.39, 0.29) is 11.1 Å². The molecule has 0 spiro atoms. The fourth-order valence-electron chi connectivity index (χ4n) is 1.77. The fraction of sp³-hybridized carbons (Fsp3) is 0.455. The Kier molecular flexibility index (Phi) is 3.67. The SMILES string of the molecule is Cc1cc(F)cc(C)c1C(N)C(F)(F)C(F)(F)F. The van der Waals surface area contributed by atoms with Crippen LogP contribution in [-0.2, 0) is 0 Å². The Balaban J connectivity index is 3.32. The predicted molar refractivity (Wildman–Crippen MR) is 53.8 cm³/mol. The van der Waals surface area contributed by atoms with E-state index < -0.39 is 29.5 Å². The fourth-order valence-corrected chi connectivity index (χ4v) is 1.77. The van der Waals surface area contributed by atoms with Gasteiger partial charge in [0.2, 0.25) is 0 Å². The van der Waals surface area contributed by atoms with Gasteiger partial charge in [0.15, 0.2) is 0 Å². The third-order valence-electron chi connectivity index (χ3n) is 2.64. The van der Waals surface area contributed by atoms with Crippen LogP contribution in [-0.4, -0.2) is 12.1 Å². The number of halogens is 6. The summed E-state index contributed by atoms with van der Waals surface area (Å²) in [5.41, 5.74) is 4.55. The predicted octanol–water partition coefficient (Wildman–Crippen LogP) is 3.64. The van der Waals surface area contributed by atoms with E-state index >= 15 is 0 Å².